The van der Waals surface area contributed by atoms with Crippen LogP contribution in [0.1, 0.15) is 33.6 Å². The lowest BCUT2D eigenvalue weighted by atomic mass is 10.2. The predicted molar refractivity (Wildman–Crippen MR) is 97.4 cm³/mol. The Labute approximate surface area is 152 Å². The molecule has 23 heavy (non-hydrogen) atoms. The van der Waals surface area contributed by atoms with Crippen LogP contribution >= 0.6 is 0 Å². The summed E-state index contributed by atoms with van der Waals surface area (Å²) in [6, 6.07) is 22.7. The van der Waals surface area contributed by atoms with Crippen LogP contribution < -0.4 is 32.7 Å². The Balaban J connectivity index is 0.00000192. The minimum atomic E-state index is -1.87. The Kier molecular flexibility index (Phi) is 5.87. The number of hydrogen-bond acceptors (Lipinski definition) is 0. The van der Waals surface area contributed by atoms with Crippen LogP contribution in [0.2, 0.25) is 5.04 Å². The molecule has 0 bridgehead atoms. The number of benzene rings is 2. The fraction of sp³-hybridized carbons (Fsp3) is 0.400. The van der Waals surface area contributed by atoms with E-state index < -0.39 is 8.07 Å². The van der Waals surface area contributed by atoms with Crippen molar-refractivity contribution in [1.82, 2.24) is 0 Å². The van der Waals surface area contributed by atoms with Crippen molar-refractivity contribution in [3.8, 4) is 0 Å². The molecule has 1 saturated heterocycles. The molecule has 0 spiro atoms. The zero-order chi connectivity index (χ0) is 15.6. The Morgan fingerprint density at radius 3 is 1.70 bits per heavy atom. The molecule has 2 N–H and O–H groups in total. The van der Waals surface area contributed by atoms with Gasteiger partial charge in [-0.05, 0) is 15.4 Å². The van der Waals surface area contributed by atoms with E-state index in [0.717, 1.165) is 5.67 Å². The highest BCUT2D eigenvalue weighted by Gasteiger charge is 2.56. The van der Waals surface area contributed by atoms with E-state index in [1.807, 2.05) is 0 Å². The van der Waals surface area contributed by atoms with Gasteiger partial charge in [0.05, 0.1) is 12.2 Å². The van der Waals surface area contributed by atoms with Gasteiger partial charge in [0.25, 0.3) is 0 Å². The minimum Gasteiger partial charge on any atom is -1.00 e. The topological polar surface area (TPSA) is 16.6 Å². The van der Waals surface area contributed by atoms with Crippen molar-refractivity contribution in [2.45, 2.75) is 44.3 Å². The SMILES string of the molecule is CC(C)(C)[Si](c1ccccc1)(c1ccccc1)[C@H]1CCC[NH2+]1.[Br-]. The first-order valence-corrected chi connectivity index (χ1v) is 10.6. The highest BCUT2D eigenvalue weighted by molar-refractivity contribution is 7.05. The number of quaternary nitrogens is 1. The molecule has 1 fully saturated rings. The molecule has 2 aromatic rings. The molecule has 3 heteroatoms. The summed E-state index contributed by atoms with van der Waals surface area (Å²) in [7, 11) is -1.87. The van der Waals surface area contributed by atoms with Gasteiger partial charge in [0.15, 0.2) is 8.07 Å². The summed E-state index contributed by atoms with van der Waals surface area (Å²) in [6.07, 6.45) is 2.71. The summed E-state index contributed by atoms with van der Waals surface area (Å²) in [5.41, 5.74) is 0.747. The van der Waals surface area contributed by atoms with Crippen molar-refractivity contribution >= 4 is 18.4 Å². The van der Waals surface area contributed by atoms with E-state index in [1.54, 1.807) is 10.4 Å². The summed E-state index contributed by atoms with van der Waals surface area (Å²) in [4.78, 5) is 0. The van der Waals surface area contributed by atoms with Gasteiger partial charge >= 0.3 is 0 Å². The van der Waals surface area contributed by atoms with Gasteiger partial charge in [-0.2, -0.15) is 0 Å². The van der Waals surface area contributed by atoms with Crippen molar-refractivity contribution in [3.05, 3.63) is 60.7 Å². The third-order valence-electron chi connectivity index (χ3n) is 5.37. The first-order chi connectivity index (χ1) is 10.6. The molecule has 1 atom stereocenters. The van der Waals surface area contributed by atoms with Gasteiger partial charge in [-0.15, -0.1) is 0 Å². The first kappa shape index (κ1) is 18.4. The summed E-state index contributed by atoms with van der Waals surface area (Å²) in [5.74, 6) is 0. The Bertz CT molecular complexity index is 561. The summed E-state index contributed by atoms with van der Waals surface area (Å²) in [6.45, 7) is 8.68. The Morgan fingerprint density at radius 2 is 1.35 bits per heavy atom. The first-order valence-electron chi connectivity index (χ1n) is 8.51. The van der Waals surface area contributed by atoms with Crippen LogP contribution in [0.25, 0.3) is 0 Å². The fourth-order valence-corrected chi connectivity index (χ4v) is 11.2. The van der Waals surface area contributed by atoms with Gasteiger partial charge < -0.3 is 22.3 Å². The molecule has 3 rings (SSSR count). The molecule has 0 unspecified atom stereocenters. The van der Waals surface area contributed by atoms with E-state index in [4.69, 9.17) is 0 Å². The van der Waals surface area contributed by atoms with E-state index in [1.165, 1.54) is 19.4 Å². The van der Waals surface area contributed by atoms with E-state index in [-0.39, 0.29) is 17.0 Å². The second-order valence-corrected chi connectivity index (χ2v) is 12.6. The average Bonchev–Trinajstić information content (AvgIpc) is 3.03. The molecule has 0 aliphatic carbocycles. The van der Waals surface area contributed by atoms with E-state index in [2.05, 4.69) is 86.8 Å². The maximum Gasteiger partial charge on any atom is 0.189 e. The minimum absolute atomic E-state index is 0. The molecule has 0 radical (unpaired) electrons. The van der Waals surface area contributed by atoms with Gasteiger partial charge in [-0.25, -0.2) is 0 Å². The third-order valence-corrected chi connectivity index (χ3v) is 11.9. The van der Waals surface area contributed by atoms with Crippen molar-refractivity contribution in [2.75, 3.05) is 6.54 Å². The van der Waals surface area contributed by atoms with Crippen LogP contribution in [0.4, 0.5) is 0 Å². The van der Waals surface area contributed by atoms with E-state index in [9.17, 15) is 0 Å². The van der Waals surface area contributed by atoms with Gasteiger partial charge in [0.2, 0.25) is 0 Å². The molecule has 1 aliphatic heterocycles. The largest absolute Gasteiger partial charge is 1.00 e. The van der Waals surface area contributed by atoms with Crippen LogP contribution in [0, 0.1) is 0 Å². The molecule has 1 nitrogen and oxygen atoms in total. The smallest absolute Gasteiger partial charge is 0.189 e. The zero-order valence-corrected chi connectivity index (χ0v) is 17.0. The third kappa shape index (κ3) is 3.19. The Morgan fingerprint density at radius 1 is 0.870 bits per heavy atom. The lowest BCUT2D eigenvalue weighted by molar-refractivity contribution is -0.653. The molecule has 1 aliphatic rings. The molecule has 124 valence electrons. The van der Waals surface area contributed by atoms with Gasteiger partial charge in [-0.1, -0.05) is 81.4 Å². The lowest BCUT2D eigenvalue weighted by Crippen LogP contribution is -3.00. The van der Waals surface area contributed by atoms with Crippen LogP contribution in [0.3, 0.4) is 0 Å². The van der Waals surface area contributed by atoms with Gasteiger partial charge in [-0.3, -0.25) is 0 Å². The fourth-order valence-electron chi connectivity index (χ4n) is 4.59. The zero-order valence-electron chi connectivity index (χ0n) is 14.4. The number of hydrogen-bond donors (Lipinski definition) is 1. The lowest BCUT2D eigenvalue weighted by Gasteiger charge is -2.46. The monoisotopic (exact) mass is 389 g/mol. The van der Waals surface area contributed by atoms with Crippen molar-refractivity contribution in [1.29, 1.82) is 0 Å². The van der Waals surface area contributed by atoms with Crippen molar-refractivity contribution in [2.24, 2.45) is 0 Å². The number of rotatable bonds is 3. The van der Waals surface area contributed by atoms with Crippen molar-refractivity contribution < 1.29 is 22.3 Å². The number of nitrogens with two attached hydrogens (primary N) is 1. The van der Waals surface area contributed by atoms with Crippen LogP contribution in [0.5, 0.6) is 0 Å². The highest BCUT2D eigenvalue weighted by atomic mass is 79.9. The molecular formula is C20H28BrNSi. The van der Waals surface area contributed by atoms with Gasteiger partial charge in [0.1, 0.15) is 0 Å². The second-order valence-electron chi connectivity index (χ2n) is 7.56. The van der Waals surface area contributed by atoms with Crippen LogP contribution in [-0.2, 0) is 0 Å². The summed E-state index contributed by atoms with van der Waals surface area (Å²) in [5, 5.41) is 6.12. The van der Waals surface area contributed by atoms with E-state index in [0.29, 0.717) is 5.04 Å². The quantitative estimate of drug-likeness (QED) is 0.669. The maximum absolute atomic E-state index is 2.64. The standard InChI is InChI=1S/C20H27NSi.BrH/c1-20(2,3)22(19-15-10-16-21-19,17-11-6-4-7-12-17)18-13-8-5-9-14-18;/h4-9,11-14,19,21H,10,15-16H2,1-3H3;1H/t19-;/m0./s1. The van der Waals surface area contributed by atoms with Gasteiger partial charge in [0, 0.05) is 12.8 Å². The van der Waals surface area contributed by atoms with Crippen LogP contribution in [-0.4, -0.2) is 20.3 Å². The normalized spacial score (nSPS) is 18.5. The molecule has 0 aromatic heterocycles. The molecule has 1 heterocycles. The molecule has 0 saturated carbocycles. The second kappa shape index (κ2) is 7.33. The molecule has 0 amide bonds. The molecular weight excluding hydrogens is 362 g/mol. The summed E-state index contributed by atoms with van der Waals surface area (Å²) >= 11 is 0. The maximum atomic E-state index is 2.64. The molecule has 2 aromatic carbocycles. The highest BCUT2D eigenvalue weighted by Crippen LogP contribution is 2.38. The van der Waals surface area contributed by atoms with Crippen molar-refractivity contribution in [3.63, 3.8) is 0 Å². The van der Waals surface area contributed by atoms with Crippen LogP contribution in [0.15, 0.2) is 60.7 Å². The predicted octanol–water partition coefficient (Wildman–Crippen LogP) is -0.681. The summed E-state index contributed by atoms with van der Waals surface area (Å²) < 4.78 is 0. The average molecular weight is 390 g/mol. The number of halogens is 1. The Hall–Kier alpha value is -0.903. The van der Waals surface area contributed by atoms with E-state index >= 15 is 0 Å².